The van der Waals surface area contributed by atoms with Gasteiger partial charge in [0, 0.05) is 6.54 Å². The lowest BCUT2D eigenvalue weighted by atomic mass is 10.0. The Bertz CT molecular complexity index is 513. The van der Waals surface area contributed by atoms with Gasteiger partial charge in [-0.1, -0.05) is 12.1 Å². The quantitative estimate of drug-likeness (QED) is 0.648. The molecule has 1 aromatic carbocycles. The Morgan fingerprint density at radius 3 is 3.14 bits per heavy atom. The summed E-state index contributed by atoms with van der Waals surface area (Å²) in [7, 11) is 0. The fourth-order valence-corrected chi connectivity index (χ4v) is 2.50. The molecule has 0 spiro atoms. The van der Waals surface area contributed by atoms with Crippen molar-refractivity contribution in [1.82, 2.24) is 9.55 Å². The van der Waals surface area contributed by atoms with E-state index >= 15 is 0 Å². The maximum absolute atomic E-state index is 6.10. The van der Waals surface area contributed by atoms with Crippen LogP contribution in [0.1, 0.15) is 17.5 Å². The van der Waals surface area contributed by atoms with E-state index in [1.807, 2.05) is 0 Å². The number of benzene rings is 1. The predicted octanol–water partition coefficient (Wildman–Crippen LogP) is 2.94. The van der Waals surface area contributed by atoms with E-state index in [0.717, 1.165) is 18.5 Å². The summed E-state index contributed by atoms with van der Waals surface area (Å²) in [5.74, 6) is 0. The molecule has 0 saturated heterocycles. The van der Waals surface area contributed by atoms with Crippen molar-refractivity contribution < 1.29 is 0 Å². The molecular weight excluding hydrogens is 196 g/mol. The van der Waals surface area contributed by atoms with Crippen LogP contribution in [0, 0.1) is 6.92 Å². The van der Waals surface area contributed by atoms with Gasteiger partial charge in [0.2, 0.25) is 5.28 Å². The van der Waals surface area contributed by atoms with Crippen molar-refractivity contribution in [2.45, 2.75) is 26.3 Å². The van der Waals surface area contributed by atoms with E-state index in [4.69, 9.17) is 11.6 Å². The fourth-order valence-electron chi connectivity index (χ4n) is 2.24. The van der Waals surface area contributed by atoms with Crippen LogP contribution in [0.4, 0.5) is 0 Å². The van der Waals surface area contributed by atoms with Crippen LogP contribution in [0.5, 0.6) is 0 Å². The zero-order chi connectivity index (χ0) is 9.71. The molecule has 3 rings (SSSR count). The smallest absolute Gasteiger partial charge is 0.203 e. The minimum Gasteiger partial charge on any atom is -0.314 e. The van der Waals surface area contributed by atoms with E-state index < -0.39 is 0 Å². The Kier molecular flexibility index (Phi) is 1.62. The second-order valence-corrected chi connectivity index (χ2v) is 4.21. The molecule has 1 aromatic heterocycles. The van der Waals surface area contributed by atoms with Crippen molar-refractivity contribution in [2.24, 2.45) is 0 Å². The minimum atomic E-state index is 0.634. The third kappa shape index (κ3) is 0.947. The summed E-state index contributed by atoms with van der Waals surface area (Å²) in [6.45, 7) is 3.09. The monoisotopic (exact) mass is 206 g/mol. The van der Waals surface area contributed by atoms with Gasteiger partial charge in [0.25, 0.3) is 0 Å². The summed E-state index contributed by atoms with van der Waals surface area (Å²) >= 11 is 6.10. The molecular formula is C11H11ClN2. The van der Waals surface area contributed by atoms with E-state index in [-0.39, 0.29) is 0 Å². The van der Waals surface area contributed by atoms with Crippen LogP contribution in [0.15, 0.2) is 12.1 Å². The van der Waals surface area contributed by atoms with Gasteiger partial charge in [0.15, 0.2) is 0 Å². The number of nitrogens with zero attached hydrogens (tertiary/aromatic N) is 2. The summed E-state index contributed by atoms with van der Waals surface area (Å²) < 4.78 is 2.13. The van der Waals surface area contributed by atoms with Crippen LogP contribution in [-0.4, -0.2) is 9.55 Å². The molecule has 3 heteroatoms. The maximum atomic E-state index is 6.10. The second kappa shape index (κ2) is 2.74. The van der Waals surface area contributed by atoms with Crippen LogP contribution in [0.25, 0.3) is 11.0 Å². The molecule has 1 aliphatic heterocycles. The Morgan fingerprint density at radius 1 is 1.43 bits per heavy atom. The van der Waals surface area contributed by atoms with Gasteiger partial charge in [-0.25, -0.2) is 4.98 Å². The molecule has 0 atom stereocenters. The predicted molar refractivity (Wildman–Crippen MR) is 57.8 cm³/mol. The maximum Gasteiger partial charge on any atom is 0.203 e. The highest BCUT2D eigenvalue weighted by Crippen LogP contribution is 2.30. The normalized spacial score (nSPS) is 15.0. The van der Waals surface area contributed by atoms with Gasteiger partial charge >= 0.3 is 0 Å². The molecule has 2 aromatic rings. The van der Waals surface area contributed by atoms with E-state index in [1.54, 1.807) is 0 Å². The highest BCUT2D eigenvalue weighted by molar-refractivity contribution is 6.29. The number of hydrogen-bond donors (Lipinski definition) is 0. The highest BCUT2D eigenvalue weighted by atomic mass is 35.5. The van der Waals surface area contributed by atoms with Crippen molar-refractivity contribution in [2.75, 3.05) is 0 Å². The summed E-state index contributed by atoms with van der Waals surface area (Å²) in [6, 6.07) is 4.34. The van der Waals surface area contributed by atoms with Gasteiger partial charge in [-0.05, 0) is 42.5 Å². The van der Waals surface area contributed by atoms with Crippen molar-refractivity contribution in [3.05, 3.63) is 28.5 Å². The second-order valence-electron chi connectivity index (χ2n) is 3.87. The van der Waals surface area contributed by atoms with Gasteiger partial charge < -0.3 is 4.57 Å². The molecule has 0 bridgehead atoms. The molecule has 0 saturated carbocycles. The molecule has 0 fully saturated rings. The van der Waals surface area contributed by atoms with Crippen LogP contribution < -0.4 is 0 Å². The number of halogens is 1. The van der Waals surface area contributed by atoms with Gasteiger partial charge in [-0.2, -0.15) is 0 Å². The summed E-state index contributed by atoms with van der Waals surface area (Å²) in [4.78, 5) is 4.41. The lowest BCUT2D eigenvalue weighted by Gasteiger charge is -2.15. The lowest BCUT2D eigenvalue weighted by Crippen LogP contribution is -2.07. The Hall–Kier alpha value is -1.02. The number of aryl methyl sites for hydroxylation is 3. The van der Waals surface area contributed by atoms with Crippen molar-refractivity contribution in [3.8, 4) is 0 Å². The summed E-state index contributed by atoms with van der Waals surface area (Å²) in [5, 5.41) is 0.634. The van der Waals surface area contributed by atoms with Crippen molar-refractivity contribution in [1.29, 1.82) is 0 Å². The fraction of sp³-hybridized carbons (Fsp3) is 0.364. The van der Waals surface area contributed by atoms with Gasteiger partial charge in [0.05, 0.1) is 11.0 Å². The van der Waals surface area contributed by atoms with Crippen molar-refractivity contribution >= 4 is 22.6 Å². The molecule has 0 radical (unpaired) electrons. The summed E-state index contributed by atoms with van der Waals surface area (Å²) in [5.41, 5.74) is 4.93. The number of imidazole rings is 1. The largest absolute Gasteiger partial charge is 0.314 e. The highest BCUT2D eigenvalue weighted by Gasteiger charge is 2.17. The third-order valence-electron chi connectivity index (χ3n) is 2.96. The van der Waals surface area contributed by atoms with Crippen LogP contribution in [0.2, 0.25) is 5.28 Å². The number of aromatic nitrogens is 2. The van der Waals surface area contributed by atoms with E-state index in [2.05, 4.69) is 28.6 Å². The minimum absolute atomic E-state index is 0.634. The zero-order valence-electron chi connectivity index (χ0n) is 8.05. The van der Waals surface area contributed by atoms with Crippen molar-refractivity contribution in [3.63, 3.8) is 0 Å². The standard InChI is InChI=1S/C11H11ClN2/c1-7-4-5-8-3-2-6-14-10(8)9(7)13-11(14)12/h4-5H,2-3,6H2,1H3. The van der Waals surface area contributed by atoms with Gasteiger partial charge in [-0.15, -0.1) is 0 Å². The molecule has 0 N–H and O–H groups in total. The first-order valence-electron chi connectivity index (χ1n) is 4.91. The first-order chi connectivity index (χ1) is 6.77. The zero-order valence-corrected chi connectivity index (χ0v) is 8.80. The Labute approximate surface area is 87.5 Å². The molecule has 0 amide bonds. The summed E-state index contributed by atoms with van der Waals surface area (Å²) in [6.07, 6.45) is 2.32. The Morgan fingerprint density at radius 2 is 2.29 bits per heavy atom. The molecule has 0 aliphatic carbocycles. The molecule has 2 nitrogen and oxygen atoms in total. The van der Waals surface area contributed by atoms with Gasteiger partial charge in [-0.3, -0.25) is 0 Å². The molecule has 1 aliphatic rings. The molecule has 0 unspecified atom stereocenters. The van der Waals surface area contributed by atoms with E-state index in [1.165, 1.54) is 23.1 Å². The first-order valence-corrected chi connectivity index (χ1v) is 5.29. The van der Waals surface area contributed by atoms with E-state index in [0.29, 0.717) is 5.28 Å². The SMILES string of the molecule is Cc1ccc2c3c1nc(Cl)n3CCC2. The third-order valence-corrected chi connectivity index (χ3v) is 3.25. The topological polar surface area (TPSA) is 17.8 Å². The average Bonchev–Trinajstić information content (AvgIpc) is 2.53. The first kappa shape index (κ1) is 8.30. The van der Waals surface area contributed by atoms with E-state index in [9.17, 15) is 0 Å². The van der Waals surface area contributed by atoms with Crippen LogP contribution in [0.3, 0.4) is 0 Å². The van der Waals surface area contributed by atoms with Crippen LogP contribution >= 0.6 is 11.6 Å². The molecule has 72 valence electrons. The van der Waals surface area contributed by atoms with Crippen LogP contribution in [-0.2, 0) is 13.0 Å². The average molecular weight is 207 g/mol. The van der Waals surface area contributed by atoms with Gasteiger partial charge in [0.1, 0.15) is 0 Å². The lowest BCUT2D eigenvalue weighted by molar-refractivity contribution is 0.632. The molecule has 2 heterocycles. The molecule has 14 heavy (non-hydrogen) atoms. The number of rotatable bonds is 0. The Balaban J connectivity index is 2.52. The number of hydrogen-bond acceptors (Lipinski definition) is 1.